The molecule has 8 heteroatoms. The van der Waals surface area contributed by atoms with Crippen molar-refractivity contribution in [2.45, 2.75) is 25.3 Å². The van der Waals surface area contributed by atoms with Crippen LogP contribution in [0.5, 0.6) is 0 Å². The van der Waals surface area contributed by atoms with Gasteiger partial charge in [0.15, 0.2) is 0 Å². The Morgan fingerprint density at radius 2 is 1.89 bits per heavy atom. The first-order chi connectivity index (χ1) is 8.46. The van der Waals surface area contributed by atoms with Gasteiger partial charge in [-0.2, -0.15) is 14.0 Å². The molecule has 0 saturated carbocycles. The Kier molecular flexibility index (Phi) is 6.92. The number of carbonyl (C=O) groups excluding carboxylic acids is 1. The van der Waals surface area contributed by atoms with E-state index in [4.69, 9.17) is 18.6 Å². The molecule has 0 radical (unpaired) electrons. The molecule has 1 atom stereocenters. The summed E-state index contributed by atoms with van der Waals surface area (Å²) in [5.74, 6) is 0.109. The average molecular weight is 297 g/mol. The summed E-state index contributed by atoms with van der Waals surface area (Å²) in [5, 5.41) is 0. The highest BCUT2D eigenvalue weighted by molar-refractivity contribution is 5.87. The van der Waals surface area contributed by atoms with Crippen molar-refractivity contribution in [3.63, 3.8) is 0 Å². The Balaban J connectivity index is 0.000000555. The number of allylic oxidation sites excluding steroid dienone is 1. The van der Waals surface area contributed by atoms with Gasteiger partial charge in [0.1, 0.15) is 0 Å². The molecule has 0 aromatic carbocycles. The topological polar surface area (TPSA) is 113 Å². The van der Waals surface area contributed by atoms with Crippen LogP contribution in [0.2, 0.25) is 0 Å². The maximum absolute atomic E-state index is 11.5. The van der Waals surface area contributed by atoms with Gasteiger partial charge in [-0.25, -0.2) is 0 Å². The van der Waals surface area contributed by atoms with Gasteiger partial charge >= 0.3 is 0 Å². The Labute approximate surface area is 115 Å². The molecular weight excluding hydrogens is 276 g/mol. The van der Waals surface area contributed by atoms with E-state index in [1.807, 2.05) is 13.1 Å². The van der Waals surface area contributed by atoms with Crippen LogP contribution in [0.15, 0.2) is 12.2 Å². The summed E-state index contributed by atoms with van der Waals surface area (Å²) < 4.78 is 32.7. The molecule has 1 amide bonds. The predicted molar refractivity (Wildman–Crippen MR) is 60.3 cm³/mol. The second-order valence-electron chi connectivity index (χ2n) is 4.92. The van der Waals surface area contributed by atoms with Crippen LogP contribution in [0.4, 0.5) is 0 Å². The van der Waals surface area contributed by atoms with Gasteiger partial charge in [-0.05, 0) is 39.9 Å². The summed E-state index contributed by atoms with van der Waals surface area (Å²) in [7, 11) is 1.31. The normalized spacial score (nSPS) is 26.4. The Bertz CT molecular complexity index is 324. The van der Waals surface area contributed by atoms with Crippen LogP contribution in [0.3, 0.4) is 0 Å². The van der Waals surface area contributed by atoms with Crippen molar-refractivity contribution in [3.05, 3.63) is 12.2 Å². The van der Waals surface area contributed by atoms with Gasteiger partial charge in [0.05, 0.1) is 14.9 Å². The van der Waals surface area contributed by atoms with E-state index in [0.29, 0.717) is 0 Å². The van der Waals surface area contributed by atoms with Crippen LogP contribution in [-0.2, 0) is 4.79 Å². The molecule has 0 saturated heterocycles. The van der Waals surface area contributed by atoms with Gasteiger partial charge in [-0.3, -0.25) is 4.79 Å². The monoisotopic (exact) mass is 296 g/mol. The minimum atomic E-state index is -4.69. The number of hydrogen-bond acceptors (Lipinski definition) is 6. The molecule has 0 aromatic heterocycles. The van der Waals surface area contributed by atoms with Gasteiger partial charge in [0.2, 0.25) is 5.91 Å². The molecule has 0 fully saturated rings. The minimum absolute atomic E-state index is 0.0924. The maximum atomic E-state index is 11.5. The van der Waals surface area contributed by atoms with Gasteiger partial charge in [0, 0.05) is 19.1 Å². The lowest BCUT2D eigenvalue weighted by molar-refractivity contribution is -1.92. The summed E-state index contributed by atoms with van der Waals surface area (Å²) in [6.07, 6.45) is 5.72. The summed E-state index contributed by atoms with van der Waals surface area (Å²) >= 11 is 0. The fourth-order valence-corrected chi connectivity index (χ4v) is 1.74. The van der Waals surface area contributed by atoms with E-state index in [9.17, 15) is 4.79 Å². The lowest BCUT2D eigenvalue weighted by atomic mass is 9.92. The molecule has 1 heterocycles. The van der Waals surface area contributed by atoms with Crippen LogP contribution in [-0.4, -0.2) is 53.6 Å². The molecule has 1 aliphatic rings. The largest absolute Gasteiger partial charge is 0.340 e. The molecule has 1 N–H and O–H groups in total. The molecule has 1 unspecified atom stereocenters. The molecule has 0 aromatic rings. The van der Waals surface area contributed by atoms with Gasteiger partial charge < -0.3 is 9.80 Å². The van der Waals surface area contributed by atoms with E-state index >= 15 is 0 Å². The van der Waals surface area contributed by atoms with Crippen molar-refractivity contribution >= 4 is 5.91 Å². The van der Waals surface area contributed by atoms with E-state index in [2.05, 4.69) is 25.9 Å². The first-order valence-electron chi connectivity index (χ1n) is 5.68. The lowest BCUT2D eigenvalue weighted by Crippen LogP contribution is -2.58. The second-order valence-corrected chi connectivity index (χ2v) is 5.71. The Morgan fingerprint density at radius 1 is 1.42 bits per heavy atom. The van der Waals surface area contributed by atoms with Crippen LogP contribution < -0.4 is 14.0 Å². The van der Waals surface area contributed by atoms with Crippen LogP contribution >= 0.6 is 0 Å². The van der Waals surface area contributed by atoms with E-state index in [1.165, 1.54) is 0 Å². The predicted octanol–water partition coefficient (Wildman–Crippen LogP) is -3.01. The number of amides is 1. The Hall–Kier alpha value is -0.700. The van der Waals surface area contributed by atoms with E-state index in [0.717, 1.165) is 19.4 Å². The van der Waals surface area contributed by atoms with E-state index in [-0.39, 0.29) is 11.4 Å². The summed E-state index contributed by atoms with van der Waals surface area (Å²) in [6, 6.07) is 0. The van der Waals surface area contributed by atoms with E-state index < -0.39 is 10.2 Å². The molecular formula is C11H21ClN2O5. The minimum Gasteiger partial charge on any atom is -0.340 e. The highest BCUT2D eigenvalue weighted by atomic mass is 35.7. The Morgan fingerprint density at radius 3 is 2.32 bits per heavy atom. The molecule has 19 heavy (non-hydrogen) atoms. The molecule has 1 rings (SSSR count). The third-order valence-electron chi connectivity index (χ3n) is 3.14. The zero-order valence-corrected chi connectivity index (χ0v) is 12.4. The van der Waals surface area contributed by atoms with Crippen LogP contribution in [0.25, 0.3) is 0 Å². The fourth-order valence-electron chi connectivity index (χ4n) is 1.74. The van der Waals surface area contributed by atoms with Crippen molar-refractivity contribution in [2.24, 2.45) is 0 Å². The molecule has 7 nitrogen and oxygen atoms in total. The lowest BCUT2D eigenvalue weighted by Gasteiger charge is -2.40. The maximum Gasteiger partial charge on any atom is 0.246 e. The SMILES string of the molecule is CN1CC(C)(N(C)C)CC/C=C\C1=O.[O-][Cl+3]([O-])([O-])O. The van der Waals surface area contributed by atoms with Gasteiger partial charge in [-0.1, -0.05) is 6.08 Å². The van der Waals surface area contributed by atoms with Crippen molar-refractivity contribution < 1.29 is 33.7 Å². The summed E-state index contributed by atoms with van der Waals surface area (Å²) in [6.45, 7) is 3.00. The van der Waals surface area contributed by atoms with Gasteiger partial charge in [-0.15, -0.1) is 0 Å². The first-order valence-corrected chi connectivity index (χ1v) is 6.94. The fraction of sp³-hybridized carbons (Fsp3) is 0.727. The zero-order chi connectivity index (χ0) is 15.3. The number of carbonyl (C=O) groups is 1. The van der Waals surface area contributed by atoms with Crippen molar-refractivity contribution in [3.8, 4) is 0 Å². The zero-order valence-electron chi connectivity index (χ0n) is 11.6. The standard InChI is InChI=1S/C11H20N2O.ClHO4/c1-11(12(2)3)8-6-5-7-10(14)13(4)9-11;2-1(3,4)5/h5,7H,6,8-9H2,1-4H3;(H,2,3,4,5)/b7-5-;. The van der Waals surface area contributed by atoms with Crippen LogP contribution in [0.1, 0.15) is 19.8 Å². The number of likely N-dealkylation sites (N-methyl/N-ethyl adjacent to an activating group) is 2. The highest BCUT2D eigenvalue weighted by Crippen LogP contribution is 2.21. The van der Waals surface area contributed by atoms with Crippen molar-refractivity contribution in [2.75, 3.05) is 27.7 Å². The second kappa shape index (κ2) is 7.18. The molecule has 0 bridgehead atoms. The third kappa shape index (κ3) is 8.14. The summed E-state index contributed by atoms with van der Waals surface area (Å²) in [5.41, 5.74) is 0.0924. The number of hydrogen-bond donors (Lipinski definition) is 1. The molecule has 0 spiro atoms. The van der Waals surface area contributed by atoms with Crippen LogP contribution in [0, 0.1) is 10.2 Å². The number of halogens is 1. The molecule has 112 valence electrons. The smallest absolute Gasteiger partial charge is 0.246 e. The first kappa shape index (κ1) is 18.3. The number of nitrogens with zero attached hydrogens (tertiary/aromatic N) is 2. The van der Waals surface area contributed by atoms with Crippen molar-refractivity contribution in [1.29, 1.82) is 0 Å². The van der Waals surface area contributed by atoms with Gasteiger partial charge in [0.25, 0.3) is 0 Å². The quantitative estimate of drug-likeness (QED) is 0.551. The molecule has 0 aliphatic carbocycles. The van der Waals surface area contributed by atoms with E-state index in [1.54, 1.807) is 11.0 Å². The van der Waals surface area contributed by atoms with Crippen molar-refractivity contribution in [1.82, 2.24) is 9.80 Å². The molecule has 1 aliphatic heterocycles. The average Bonchev–Trinajstić information content (AvgIpc) is 2.19. The third-order valence-corrected chi connectivity index (χ3v) is 3.14. The summed E-state index contributed by atoms with van der Waals surface area (Å²) in [4.78, 5) is 15.5. The number of rotatable bonds is 1. The highest BCUT2D eigenvalue weighted by Gasteiger charge is 2.29.